The number of methoxy groups -OCH3 is 1. The molecule has 0 aliphatic carbocycles. The van der Waals surface area contributed by atoms with Gasteiger partial charge in [-0.1, -0.05) is 6.42 Å². The maximum atomic E-state index is 13.5. The van der Waals surface area contributed by atoms with Gasteiger partial charge in [0.1, 0.15) is 11.6 Å². The van der Waals surface area contributed by atoms with Gasteiger partial charge in [-0.25, -0.2) is 4.39 Å². The van der Waals surface area contributed by atoms with Crippen LogP contribution in [0.1, 0.15) is 30.9 Å². The summed E-state index contributed by atoms with van der Waals surface area (Å²) in [6.45, 7) is 0.646. The zero-order valence-corrected chi connectivity index (χ0v) is 9.58. The predicted molar refractivity (Wildman–Crippen MR) is 62.8 cm³/mol. The van der Waals surface area contributed by atoms with Crippen LogP contribution in [0.4, 0.5) is 4.39 Å². The van der Waals surface area contributed by atoms with Crippen molar-refractivity contribution in [1.82, 2.24) is 0 Å². The Labute approximate surface area is 95.6 Å². The maximum absolute atomic E-state index is 13.5. The molecule has 16 heavy (non-hydrogen) atoms. The Morgan fingerprint density at radius 1 is 1.38 bits per heavy atom. The molecule has 0 saturated carbocycles. The second-order valence-corrected chi connectivity index (χ2v) is 3.78. The van der Waals surface area contributed by atoms with Gasteiger partial charge >= 0.3 is 0 Å². The van der Waals surface area contributed by atoms with Gasteiger partial charge in [-0.05, 0) is 37.6 Å². The third-order valence-electron chi connectivity index (χ3n) is 2.57. The van der Waals surface area contributed by atoms with Gasteiger partial charge < -0.3 is 16.2 Å². The molecule has 0 unspecified atom stereocenters. The molecule has 0 radical (unpaired) electrons. The van der Waals surface area contributed by atoms with Gasteiger partial charge in [0, 0.05) is 11.6 Å². The summed E-state index contributed by atoms with van der Waals surface area (Å²) in [6.07, 6.45) is 2.56. The minimum absolute atomic E-state index is 0.277. The Hall–Kier alpha value is -1.13. The molecule has 0 bridgehead atoms. The Bertz CT molecular complexity index is 331. The van der Waals surface area contributed by atoms with E-state index in [9.17, 15) is 4.39 Å². The molecule has 0 heterocycles. The van der Waals surface area contributed by atoms with Gasteiger partial charge in [-0.2, -0.15) is 0 Å². The number of benzene rings is 1. The number of ether oxygens (including phenoxy) is 1. The summed E-state index contributed by atoms with van der Waals surface area (Å²) < 4.78 is 18.5. The summed E-state index contributed by atoms with van der Waals surface area (Å²) in [4.78, 5) is 0. The number of hydrogen-bond acceptors (Lipinski definition) is 3. The smallest absolute Gasteiger partial charge is 0.128 e. The summed E-state index contributed by atoms with van der Waals surface area (Å²) in [7, 11) is 1.55. The van der Waals surface area contributed by atoms with E-state index < -0.39 is 0 Å². The van der Waals surface area contributed by atoms with E-state index in [1.54, 1.807) is 19.2 Å². The number of hydrogen-bond donors (Lipinski definition) is 2. The van der Waals surface area contributed by atoms with Crippen molar-refractivity contribution >= 4 is 0 Å². The molecular weight excluding hydrogens is 207 g/mol. The normalized spacial score (nSPS) is 12.5. The molecule has 0 aromatic heterocycles. The fraction of sp³-hybridized carbons (Fsp3) is 0.500. The van der Waals surface area contributed by atoms with Crippen LogP contribution in [0.15, 0.2) is 18.2 Å². The third-order valence-corrected chi connectivity index (χ3v) is 2.57. The lowest BCUT2D eigenvalue weighted by molar-refractivity contribution is 0.411. The van der Waals surface area contributed by atoms with E-state index in [0.717, 1.165) is 19.3 Å². The second kappa shape index (κ2) is 6.45. The predicted octanol–water partition coefficient (Wildman–Crippen LogP) is 1.96. The van der Waals surface area contributed by atoms with Crippen molar-refractivity contribution in [3.63, 3.8) is 0 Å². The fourth-order valence-corrected chi connectivity index (χ4v) is 1.60. The average molecular weight is 226 g/mol. The number of halogens is 1. The molecule has 1 rings (SSSR count). The summed E-state index contributed by atoms with van der Waals surface area (Å²) in [5.41, 5.74) is 11.8. The van der Waals surface area contributed by atoms with E-state index in [1.165, 1.54) is 6.07 Å². The maximum Gasteiger partial charge on any atom is 0.128 e. The Morgan fingerprint density at radius 2 is 2.12 bits per heavy atom. The van der Waals surface area contributed by atoms with Gasteiger partial charge in [-0.15, -0.1) is 0 Å². The number of unbranched alkanes of at least 4 members (excludes halogenated alkanes) is 1. The standard InChI is InChI=1S/C12H19FN2O/c1-16-9-5-6-11(13)10(8-9)12(15)4-2-3-7-14/h5-6,8,12H,2-4,7,14-15H2,1H3/t12-/m1/s1. The van der Waals surface area contributed by atoms with Crippen LogP contribution in [0.25, 0.3) is 0 Å². The molecule has 0 spiro atoms. The summed E-state index contributed by atoms with van der Waals surface area (Å²) in [5, 5.41) is 0. The fourth-order valence-electron chi connectivity index (χ4n) is 1.60. The average Bonchev–Trinajstić information content (AvgIpc) is 2.30. The van der Waals surface area contributed by atoms with E-state index in [2.05, 4.69) is 0 Å². The van der Waals surface area contributed by atoms with Gasteiger partial charge in [-0.3, -0.25) is 0 Å². The molecular formula is C12H19FN2O. The van der Waals surface area contributed by atoms with Crippen LogP contribution in [-0.2, 0) is 0 Å². The minimum atomic E-state index is -0.290. The van der Waals surface area contributed by atoms with Gasteiger partial charge in [0.2, 0.25) is 0 Å². The zero-order chi connectivity index (χ0) is 12.0. The molecule has 3 nitrogen and oxygen atoms in total. The molecule has 0 aliphatic heterocycles. The quantitative estimate of drug-likeness (QED) is 0.729. The highest BCUT2D eigenvalue weighted by atomic mass is 19.1. The van der Waals surface area contributed by atoms with Crippen molar-refractivity contribution in [3.8, 4) is 5.75 Å². The molecule has 1 atom stereocenters. The molecule has 4 N–H and O–H groups in total. The van der Waals surface area contributed by atoms with Crippen molar-refractivity contribution in [2.24, 2.45) is 11.5 Å². The first kappa shape index (κ1) is 12.9. The lowest BCUT2D eigenvalue weighted by atomic mass is 10.0. The van der Waals surface area contributed by atoms with Gasteiger partial charge in [0.25, 0.3) is 0 Å². The molecule has 0 fully saturated rings. The largest absolute Gasteiger partial charge is 0.497 e. The van der Waals surface area contributed by atoms with Crippen molar-refractivity contribution in [3.05, 3.63) is 29.6 Å². The molecule has 4 heteroatoms. The van der Waals surface area contributed by atoms with Crippen molar-refractivity contribution < 1.29 is 9.13 Å². The number of nitrogens with two attached hydrogens (primary N) is 2. The van der Waals surface area contributed by atoms with Crippen LogP contribution in [-0.4, -0.2) is 13.7 Å². The Balaban J connectivity index is 2.69. The summed E-state index contributed by atoms with van der Waals surface area (Å²) in [6, 6.07) is 4.34. The van der Waals surface area contributed by atoms with Crippen molar-refractivity contribution in [2.75, 3.05) is 13.7 Å². The SMILES string of the molecule is COc1ccc(F)c([C@H](N)CCCCN)c1. The molecule has 0 aliphatic rings. The second-order valence-electron chi connectivity index (χ2n) is 3.78. The summed E-state index contributed by atoms with van der Waals surface area (Å²) >= 11 is 0. The lowest BCUT2D eigenvalue weighted by Crippen LogP contribution is -2.13. The van der Waals surface area contributed by atoms with Gasteiger partial charge in [0.15, 0.2) is 0 Å². The highest BCUT2D eigenvalue weighted by molar-refractivity contribution is 5.31. The molecule has 1 aromatic carbocycles. The van der Waals surface area contributed by atoms with Crippen molar-refractivity contribution in [2.45, 2.75) is 25.3 Å². The van der Waals surface area contributed by atoms with E-state index in [4.69, 9.17) is 16.2 Å². The van der Waals surface area contributed by atoms with E-state index in [1.807, 2.05) is 0 Å². The first-order valence-corrected chi connectivity index (χ1v) is 5.48. The topological polar surface area (TPSA) is 61.3 Å². The summed E-state index contributed by atoms with van der Waals surface area (Å²) in [5.74, 6) is 0.353. The van der Waals surface area contributed by atoms with E-state index in [-0.39, 0.29) is 11.9 Å². The van der Waals surface area contributed by atoms with Crippen molar-refractivity contribution in [1.29, 1.82) is 0 Å². The number of rotatable bonds is 6. The highest BCUT2D eigenvalue weighted by Crippen LogP contribution is 2.24. The van der Waals surface area contributed by atoms with Gasteiger partial charge in [0.05, 0.1) is 7.11 Å². The van der Waals surface area contributed by atoms with Crippen LogP contribution >= 0.6 is 0 Å². The van der Waals surface area contributed by atoms with E-state index in [0.29, 0.717) is 17.9 Å². The van der Waals surface area contributed by atoms with Crippen LogP contribution < -0.4 is 16.2 Å². The molecule has 90 valence electrons. The molecule has 0 saturated heterocycles. The Kier molecular flexibility index (Phi) is 5.22. The van der Waals surface area contributed by atoms with E-state index >= 15 is 0 Å². The monoisotopic (exact) mass is 226 g/mol. The minimum Gasteiger partial charge on any atom is -0.497 e. The van der Waals surface area contributed by atoms with Crippen LogP contribution in [0.3, 0.4) is 0 Å². The Morgan fingerprint density at radius 3 is 2.75 bits per heavy atom. The first-order valence-electron chi connectivity index (χ1n) is 5.48. The van der Waals surface area contributed by atoms with Crippen LogP contribution in [0, 0.1) is 5.82 Å². The molecule has 1 aromatic rings. The molecule has 0 amide bonds. The highest BCUT2D eigenvalue weighted by Gasteiger charge is 2.12. The zero-order valence-electron chi connectivity index (χ0n) is 9.58. The first-order chi connectivity index (χ1) is 7.69. The van der Waals surface area contributed by atoms with Crippen LogP contribution in [0.2, 0.25) is 0 Å². The van der Waals surface area contributed by atoms with Crippen LogP contribution in [0.5, 0.6) is 5.75 Å². The lowest BCUT2D eigenvalue weighted by Gasteiger charge is -2.13. The third kappa shape index (κ3) is 3.47.